The second-order valence-electron chi connectivity index (χ2n) is 5.34. The van der Waals surface area contributed by atoms with Crippen molar-refractivity contribution >= 4 is 44.7 Å². The van der Waals surface area contributed by atoms with E-state index in [2.05, 4.69) is 5.32 Å². The predicted octanol–water partition coefficient (Wildman–Crippen LogP) is 2.59. The summed E-state index contributed by atoms with van der Waals surface area (Å²) >= 11 is 2.87. The van der Waals surface area contributed by atoms with Crippen LogP contribution in [0.5, 0.6) is 0 Å². The summed E-state index contributed by atoms with van der Waals surface area (Å²) < 4.78 is 26.6. The molecule has 0 aliphatic carbocycles. The smallest absolute Gasteiger partial charge is 0.262 e. The first-order valence-electron chi connectivity index (χ1n) is 7.51. The number of anilines is 1. The van der Waals surface area contributed by atoms with E-state index in [1.54, 1.807) is 0 Å². The number of hydrogen-bond donors (Lipinski definition) is 1. The van der Waals surface area contributed by atoms with Gasteiger partial charge in [-0.3, -0.25) is 9.10 Å². The molecule has 1 aromatic heterocycles. The van der Waals surface area contributed by atoms with Crippen LogP contribution >= 0.6 is 23.1 Å². The van der Waals surface area contributed by atoms with Gasteiger partial charge in [0, 0.05) is 18.0 Å². The van der Waals surface area contributed by atoms with E-state index in [9.17, 15) is 13.2 Å². The van der Waals surface area contributed by atoms with Crippen molar-refractivity contribution in [2.75, 3.05) is 29.4 Å². The summed E-state index contributed by atoms with van der Waals surface area (Å²) in [4.78, 5) is 13.7. The van der Waals surface area contributed by atoms with Crippen LogP contribution in [0.25, 0.3) is 0 Å². The summed E-state index contributed by atoms with van der Waals surface area (Å²) in [5.41, 5.74) is 1.81. The van der Waals surface area contributed by atoms with Crippen LogP contribution in [0, 0.1) is 0 Å². The molecule has 2 aromatic rings. The molecular formula is C16H18N2O3S3. The third kappa shape index (κ3) is 3.45. The number of rotatable bonds is 6. The molecule has 0 unspecified atom stereocenters. The molecule has 1 aliphatic rings. The van der Waals surface area contributed by atoms with Crippen LogP contribution in [-0.4, -0.2) is 39.4 Å². The van der Waals surface area contributed by atoms with Gasteiger partial charge in [-0.05, 0) is 35.8 Å². The molecule has 1 aromatic carbocycles. The van der Waals surface area contributed by atoms with E-state index in [4.69, 9.17) is 0 Å². The highest BCUT2D eigenvalue weighted by Crippen LogP contribution is 2.30. The first-order valence-corrected chi connectivity index (χ1v) is 11.2. The number of nitrogens with zero attached hydrogens (tertiary/aromatic N) is 1. The van der Waals surface area contributed by atoms with Gasteiger partial charge in [0.2, 0.25) is 10.0 Å². The Balaban J connectivity index is 1.61. The minimum absolute atomic E-state index is 0.103. The number of carbonyl (C=O) groups excluding carboxylic acids is 1. The Bertz CT molecular complexity index is 846. The Kier molecular flexibility index (Phi) is 5.17. The number of fused-ring (bicyclic) bond motifs is 1. The molecule has 1 aliphatic heterocycles. The lowest BCUT2D eigenvalue weighted by molar-refractivity contribution is 0.0957. The number of benzene rings is 1. The van der Waals surface area contributed by atoms with Gasteiger partial charge >= 0.3 is 0 Å². The highest BCUT2D eigenvalue weighted by molar-refractivity contribution is 7.98. The number of nitrogens with one attached hydrogen (secondary N) is 1. The van der Waals surface area contributed by atoms with Crippen LogP contribution in [0.1, 0.15) is 15.2 Å². The average molecular weight is 383 g/mol. The zero-order chi connectivity index (χ0) is 17.2. The summed E-state index contributed by atoms with van der Waals surface area (Å²) in [6, 6.07) is 9.43. The van der Waals surface area contributed by atoms with Crippen LogP contribution in [0.15, 0.2) is 40.6 Å². The number of thioether (sulfide) groups is 1. The van der Waals surface area contributed by atoms with Crippen LogP contribution in [0.4, 0.5) is 5.69 Å². The van der Waals surface area contributed by atoms with Gasteiger partial charge in [-0.1, -0.05) is 18.2 Å². The number of hydrogen-bond acceptors (Lipinski definition) is 5. The second-order valence-corrected chi connectivity index (χ2v) is 9.12. The normalized spacial score (nSPS) is 13.8. The molecule has 0 saturated carbocycles. The zero-order valence-corrected chi connectivity index (χ0v) is 15.6. The van der Waals surface area contributed by atoms with E-state index in [-0.39, 0.29) is 18.2 Å². The Morgan fingerprint density at radius 1 is 1.33 bits per heavy atom. The number of carbonyl (C=O) groups is 1. The lowest BCUT2D eigenvalue weighted by Gasteiger charge is -2.19. The van der Waals surface area contributed by atoms with Gasteiger partial charge in [0.25, 0.3) is 5.91 Å². The Hall–Kier alpha value is -1.51. The third-order valence-corrected chi connectivity index (χ3v) is 7.47. The van der Waals surface area contributed by atoms with Gasteiger partial charge in [-0.25, -0.2) is 8.42 Å². The maximum Gasteiger partial charge on any atom is 0.262 e. The number of sulfonamides is 1. The molecule has 0 bridgehead atoms. The lowest BCUT2D eigenvalue weighted by atomic mass is 10.2. The van der Waals surface area contributed by atoms with Gasteiger partial charge < -0.3 is 5.32 Å². The van der Waals surface area contributed by atoms with Crippen LogP contribution in [0.3, 0.4) is 0 Å². The van der Waals surface area contributed by atoms with Gasteiger partial charge in [0.1, 0.15) is 4.88 Å². The minimum Gasteiger partial charge on any atom is -0.350 e. The fourth-order valence-electron chi connectivity index (χ4n) is 2.70. The van der Waals surface area contributed by atoms with Crippen molar-refractivity contribution in [2.45, 2.75) is 11.3 Å². The van der Waals surface area contributed by atoms with Gasteiger partial charge in [-0.15, -0.1) is 23.1 Å². The maximum absolute atomic E-state index is 12.6. The van der Waals surface area contributed by atoms with Crippen molar-refractivity contribution in [2.24, 2.45) is 0 Å². The third-order valence-electron chi connectivity index (χ3n) is 3.88. The highest BCUT2D eigenvalue weighted by Gasteiger charge is 2.28. The first kappa shape index (κ1) is 17.3. The van der Waals surface area contributed by atoms with Crippen molar-refractivity contribution in [1.82, 2.24) is 5.32 Å². The summed E-state index contributed by atoms with van der Waals surface area (Å²) in [5.74, 6) is -0.320. The summed E-state index contributed by atoms with van der Waals surface area (Å²) in [7, 11) is -3.44. The SMILES string of the molecule is CSc1ccsc1C(=O)NCCS(=O)(=O)N1CCc2ccccc21. The van der Waals surface area contributed by atoms with Crippen molar-refractivity contribution in [3.8, 4) is 0 Å². The molecule has 2 heterocycles. The average Bonchev–Trinajstić information content (AvgIpc) is 3.21. The van der Waals surface area contributed by atoms with Crippen LogP contribution < -0.4 is 9.62 Å². The molecule has 0 atom stereocenters. The Morgan fingerprint density at radius 3 is 2.92 bits per heavy atom. The Labute approximate surface area is 150 Å². The highest BCUT2D eigenvalue weighted by atomic mass is 32.2. The minimum atomic E-state index is -3.44. The number of amides is 1. The van der Waals surface area contributed by atoms with Gasteiger partial charge in [-0.2, -0.15) is 0 Å². The fourth-order valence-corrected chi connectivity index (χ4v) is 5.80. The molecule has 3 rings (SSSR count). The molecule has 24 heavy (non-hydrogen) atoms. The van der Waals surface area contributed by atoms with E-state index >= 15 is 0 Å². The van der Waals surface area contributed by atoms with E-state index in [1.165, 1.54) is 27.4 Å². The van der Waals surface area contributed by atoms with Crippen molar-refractivity contribution in [3.05, 3.63) is 46.2 Å². The summed E-state index contributed by atoms with van der Waals surface area (Å²) in [6.45, 7) is 0.572. The van der Waals surface area contributed by atoms with Crippen molar-refractivity contribution in [3.63, 3.8) is 0 Å². The maximum atomic E-state index is 12.6. The number of thiophene rings is 1. The van der Waals surface area contributed by atoms with Gasteiger partial charge in [0.15, 0.2) is 0 Å². The van der Waals surface area contributed by atoms with Crippen molar-refractivity contribution in [1.29, 1.82) is 0 Å². The van der Waals surface area contributed by atoms with E-state index in [1.807, 2.05) is 42.0 Å². The van der Waals surface area contributed by atoms with E-state index in [0.717, 1.165) is 22.6 Å². The summed E-state index contributed by atoms with van der Waals surface area (Å²) in [5, 5.41) is 4.58. The number of para-hydroxylation sites is 1. The first-order chi connectivity index (χ1) is 11.5. The molecule has 128 valence electrons. The topological polar surface area (TPSA) is 66.5 Å². The lowest BCUT2D eigenvalue weighted by Crippen LogP contribution is -2.36. The van der Waals surface area contributed by atoms with Crippen LogP contribution in [-0.2, 0) is 16.4 Å². The fraction of sp³-hybridized carbons (Fsp3) is 0.312. The molecule has 8 heteroatoms. The van der Waals surface area contributed by atoms with Gasteiger partial charge in [0.05, 0.1) is 11.4 Å². The van der Waals surface area contributed by atoms with Crippen LogP contribution in [0.2, 0.25) is 0 Å². The molecule has 1 amide bonds. The molecular weight excluding hydrogens is 364 g/mol. The van der Waals surface area contributed by atoms with E-state index < -0.39 is 10.0 Å². The van der Waals surface area contributed by atoms with E-state index in [0.29, 0.717) is 11.4 Å². The van der Waals surface area contributed by atoms with Crippen molar-refractivity contribution < 1.29 is 13.2 Å². The Morgan fingerprint density at radius 2 is 2.12 bits per heavy atom. The molecule has 0 fully saturated rings. The molecule has 1 N–H and O–H groups in total. The molecule has 0 radical (unpaired) electrons. The molecule has 0 spiro atoms. The molecule has 5 nitrogen and oxygen atoms in total. The second kappa shape index (κ2) is 7.16. The predicted molar refractivity (Wildman–Crippen MR) is 99.7 cm³/mol. The quantitative estimate of drug-likeness (QED) is 0.780. The summed E-state index contributed by atoms with van der Waals surface area (Å²) in [6.07, 6.45) is 2.64. The largest absolute Gasteiger partial charge is 0.350 e. The molecule has 0 saturated heterocycles. The zero-order valence-electron chi connectivity index (χ0n) is 13.2. The standard InChI is InChI=1S/C16H18N2O3S3/c1-22-14-7-10-23-15(14)16(19)17-8-11-24(20,21)18-9-6-12-4-2-3-5-13(12)18/h2-5,7,10H,6,8-9,11H2,1H3,(H,17,19). The monoisotopic (exact) mass is 382 g/mol.